The summed E-state index contributed by atoms with van der Waals surface area (Å²) < 4.78 is 4.92. The average molecular weight is 182 g/mol. The highest BCUT2D eigenvalue weighted by Gasteiger charge is 2.20. The molecule has 0 aromatic heterocycles. The molecule has 0 aliphatic heterocycles. The van der Waals surface area contributed by atoms with Gasteiger partial charge in [-0.2, -0.15) is 0 Å². The van der Waals surface area contributed by atoms with Crippen LogP contribution in [0.1, 0.15) is 33.1 Å². The molecule has 74 valence electrons. The van der Waals surface area contributed by atoms with Crippen LogP contribution in [0.3, 0.4) is 0 Å². The molecule has 1 aliphatic carbocycles. The number of hydrogen-bond donors (Lipinski definition) is 0. The van der Waals surface area contributed by atoms with E-state index in [9.17, 15) is 4.79 Å². The quantitative estimate of drug-likeness (QED) is 0.495. The van der Waals surface area contributed by atoms with Gasteiger partial charge in [-0.3, -0.25) is 4.79 Å². The van der Waals surface area contributed by atoms with E-state index in [0.717, 1.165) is 6.42 Å². The Balaban J connectivity index is 2.38. The Labute approximate surface area is 80.0 Å². The van der Waals surface area contributed by atoms with Crippen molar-refractivity contribution in [3.05, 3.63) is 12.2 Å². The predicted molar refractivity (Wildman–Crippen MR) is 52.3 cm³/mol. The standard InChI is InChI=1S/C11H18O2/c1-3-13-11(12)8-10-7-5-4-6-9(10)2/h5,7,9-10H,3-4,6,8H2,1-2H3/t9-,10+/m1/s1. The second kappa shape index (κ2) is 5.05. The van der Waals surface area contributed by atoms with E-state index < -0.39 is 0 Å². The fourth-order valence-corrected chi connectivity index (χ4v) is 1.72. The molecule has 0 aromatic carbocycles. The summed E-state index contributed by atoms with van der Waals surface area (Å²) in [4.78, 5) is 11.2. The minimum absolute atomic E-state index is 0.0640. The molecule has 0 saturated heterocycles. The number of hydrogen-bond acceptors (Lipinski definition) is 2. The number of carbonyl (C=O) groups is 1. The smallest absolute Gasteiger partial charge is 0.306 e. The third-order valence-corrected chi connectivity index (χ3v) is 2.61. The predicted octanol–water partition coefficient (Wildman–Crippen LogP) is 2.54. The Morgan fingerprint density at radius 3 is 3.00 bits per heavy atom. The lowest BCUT2D eigenvalue weighted by molar-refractivity contribution is -0.144. The topological polar surface area (TPSA) is 26.3 Å². The van der Waals surface area contributed by atoms with Crippen molar-refractivity contribution in [3.63, 3.8) is 0 Å². The maximum atomic E-state index is 11.2. The molecule has 2 heteroatoms. The minimum Gasteiger partial charge on any atom is -0.466 e. The van der Waals surface area contributed by atoms with Crippen molar-refractivity contribution in [3.8, 4) is 0 Å². The molecule has 0 radical (unpaired) electrons. The highest BCUT2D eigenvalue weighted by Crippen LogP contribution is 2.26. The van der Waals surface area contributed by atoms with Crippen molar-refractivity contribution in [2.45, 2.75) is 33.1 Å². The molecule has 0 spiro atoms. The summed E-state index contributed by atoms with van der Waals surface area (Å²) in [5.74, 6) is 0.952. The van der Waals surface area contributed by atoms with E-state index in [2.05, 4.69) is 19.1 Å². The SMILES string of the molecule is CCOC(=O)C[C@@H]1C=CCC[C@H]1C. The van der Waals surface area contributed by atoms with Crippen LogP contribution in [0.4, 0.5) is 0 Å². The van der Waals surface area contributed by atoms with Gasteiger partial charge < -0.3 is 4.74 Å². The van der Waals surface area contributed by atoms with E-state index in [1.165, 1.54) is 6.42 Å². The first-order chi connectivity index (χ1) is 6.24. The second-order valence-electron chi connectivity index (χ2n) is 3.66. The van der Waals surface area contributed by atoms with Crippen molar-refractivity contribution >= 4 is 5.97 Å². The molecule has 0 heterocycles. The van der Waals surface area contributed by atoms with Crippen LogP contribution in [0.15, 0.2) is 12.2 Å². The molecular formula is C11H18O2. The zero-order chi connectivity index (χ0) is 9.68. The zero-order valence-electron chi connectivity index (χ0n) is 8.45. The molecule has 1 aliphatic rings. The Morgan fingerprint density at radius 1 is 1.62 bits per heavy atom. The van der Waals surface area contributed by atoms with Crippen LogP contribution in [0.5, 0.6) is 0 Å². The summed E-state index contributed by atoms with van der Waals surface area (Å²) in [7, 11) is 0. The van der Waals surface area contributed by atoms with Crippen LogP contribution in [0.25, 0.3) is 0 Å². The summed E-state index contributed by atoms with van der Waals surface area (Å²) in [6.45, 7) is 4.54. The maximum Gasteiger partial charge on any atom is 0.306 e. The van der Waals surface area contributed by atoms with Gasteiger partial charge in [0, 0.05) is 0 Å². The Bertz CT molecular complexity index is 196. The monoisotopic (exact) mass is 182 g/mol. The third-order valence-electron chi connectivity index (χ3n) is 2.61. The molecule has 0 N–H and O–H groups in total. The Kier molecular flexibility index (Phi) is 4.00. The fourth-order valence-electron chi connectivity index (χ4n) is 1.72. The number of rotatable bonds is 3. The lowest BCUT2D eigenvalue weighted by Crippen LogP contribution is -2.18. The normalized spacial score (nSPS) is 27.2. The largest absolute Gasteiger partial charge is 0.466 e. The van der Waals surface area contributed by atoms with E-state index in [0.29, 0.717) is 24.9 Å². The van der Waals surface area contributed by atoms with Crippen molar-refractivity contribution < 1.29 is 9.53 Å². The summed E-state index contributed by atoms with van der Waals surface area (Å²) in [5.41, 5.74) is 0. The van der Waals surface area contributed by atoms with Crippen molar-refractivity contribution in [1.82, 2.24) is 0 Å². The van der Waals surface area contributed by atoms with Gasteiger partial charge in [-0.1, -0.05) is 19.1 Å². The Morgan fingerprint density at radius 2 is 2.38 bits per heavy atom. The lowest BCUT2D eigenvalue weighted by Gasteiger charge is -2.22. The second-order valence-corrected chi connectivity index (χ2v) is 3.66. The lowest BCUT2D eigenvalue weighted by atomic mass is 9.83. The summed E-state index contributed by atoms with van der Waals surface area (Å²) >= 11 is 0. The molecule has 13 heavy (non-hydrogen) atoms. The van der Waals surface area contributed by atoms with Crippen LogP contribution in [0.2, 0.25) is 0 Å². The van der Waals surface area contributed by atoms with Gasteiger partial charge in [0.25, 0.3) is 0 Å². The number of esters is 1. The van der Waals surface area contributed by atoms with Crippen LogP contribution in [0, 0.1) is 11.8 Å². The van der Waals surface area contributed by atoms with Gasteiger partial charge in [-0.05, 0) is 31.6 Å². The molecular weight excluding hydrogens is 164 g/mol. The molecule has 0 amide bonds. The van der Waals surface area contributed by atoms with Gasteiger partial charge in [0.2, 0.25) is 0 Å². The molecule has 0 fully saturated rings. The number of ether oxygens (including phenoxy) is 1. The molecule has 0 unspecified atom stereocenters. The number of allylic oxidation sites excluding steroid dienone is 2. The molecule has 1 rings (SSSR count). The number of carbonyl (C=O) groups excluding carboxylic acids is 1. The molecule has 0 saturated carbocycles. The van der Waals surface area contributed by atoms with Crippen LogP contribution >= 0.6 is 0 Å². The minimum atomic E-state index is -0.0640. The van der Waals surface area contributed by atoms with Crippen molar-refractivity contribution in [2.75, 3.05) is 6.61 Å². The zero-order valence-corrected chi connectivity index (χ0v) is 8.45. The maximum absolute atomic E-state index is 11.2. The van der Waals surface area contributed by atoms with E-state index in [4.69, 9.17) is 4.74 Å². The fraction of sp³-hybridized carbons (Fsp3) is 0.727. The average Bonchev–Trinajstić information content (AvgIpc) is 2.09. The van der Waals surface area contributed by atoms with Gasteiger partial charge in [-0.25, -0.2) is 0 Å². The van der Waals surface area contributed by atoms with E-state index in [-0.39, 0.29) is 5.97 Å². The van der Waals surface area contributed by atoms with Crippen LogP contribution in [-0.4, -0.2) is 12.6 Å². The molecule has 2 nitrogen and oxygen atoms in total. The van der Waals surface area contributed by atoms with E-state index >= 15 is 0 Å². The molecule has 2 atom stereocenters. The van der Waals surface area contributed by atoms with Gasteiger partial charge >= 0.3 is 5.97 Å². The van der Waals surface area contributed by atoms with Crippen LogP contribution in [-0.2, 0) is 9.53 Å². The molecule has 0 bridgehead atoms. The van der Waals surface area contributed by atoms with Gasteiger partial charge in [0.05, 0.1) is 13.0 Å². The first kappa shape index (κ1) is 10.3. The van der Waals surface area contributed by atoms with E-state index in [1.54, 1.807) is 0 Å². The first-order valence-electron chi connectivity index (χ1n) is 5.06. The summed E-state index contributed by atoms with van der Waals surface area (Å²) in [6.07, 6.45) is 7.22. The van der Waals surface area contributed by atoms with Crippen molar-refractivity contribution in [1.29, 1.82) is 0 Å². The highest BCUT2D eigenvalue weighted by molar-refractivity contribution is 5.70. The van der Waals surface area contributed by atoms with Crippen molar-refractivity contribution in [2.24, 2.45) is 11.8 Å². The molecule has 0 aromatic rings. The van der Waals surface area contributed by atoms with Crippen LogP contribution < -0.4 is 0 Å². The summed E-state index contributed by atoms with van der Waals surface area (Å²) in [5, 5.41) is 0. The highest BCUT2D eigenvalue weighted by atomic mass is 16.5. The first-order valence-corrected chi connectivity index (χ1v) is 5.06. The van der Waals surface area contributed by atoms with Gasteiger partial charge in [-0.15, -0.1) is 0 Å². The Hall–Kier alpha value is -0.790. The van der Waals surface area contributed by atoms with Gasteiger partial charge in [0.1, 0.15) is 0 Å². The van der Waals surface area contributed by atoms with Gasteiger partial charge in [0.15, 0.2) is 0 Å². The summed E-state index contributed by atoms with van der Waals surface area (Å²) in [6, 6.07) is 0. The van der Waals surface area contributed by atoms with E-state index in [1.807, 2.05) is 6.92 Å². The third kappa shape index (κ3) is 3.21.